The summed E-state index contributed by atoms with van der Waals surface area (Å²) in [6.45, 7) is 6.41. The number of carbonyl (C=O) groups excluding carboxylic acids is 1. The van der Waals surface area contributed by atoms with Gasteiger partial charge in [-0.15, -0.1) is 0 Å². The van der Waals surface area contributed by atoms with Gasteiger partial charge in [-0.05, 0) is 63.3 Å². The number of hydrogen-bond donors (Lipinski definition) is 1. The van der Waals surface area contributed by atoms with Crippen LogP contribution in [0.2, 0.25) is 0 Å². The van der Waals surface area contributed by atoms with Crippen LogP contribution >= 0.6 is 0 Å². The maximum atomic E-state index is 13.2. The minimum absolute atomic E-state index is 0.0385. The fourth-order valence-electron chi connectivity index (χ4n) is 4.42. The number of amides is 1. The first-order valence-electron chi connectivity index (χ1n) is 11.2. The van der Waals surface area contributed by atoms with Crippen molar-refractivity contribution in [1.82, 2.24) is 9.62 Å². The molecule has 1 amide bonds. The molecule has 2 aromatic rings. The lowest BCUT2D eigenvalue weighted by Gasteiger charge is -2.31. The van der Waals surface area contributed by atoms with E-state index in [-0.39, 0.29) is 42.1 Å². The topological polar surface area (TPSA) is 101 Å². The van der Waals surface area contributed by atoms with Crippen LogP contribution in [0.3, 0.4) is 0 Å². The number of piperidine rings is 1. The number of carbonyl (C=O) groups is 1. The summed E-state index contributed by atoms with van der Waals surface area (Å²) in [5, 5.41) is 2.81. The Bertz CT molecular complexity index is 1180. The summed E-state index contributed by atoms with van der Waals surface area (Å²) >= 11 is 0. The third-order valence-corrected chi connectivity index (χ3v) is 10.0. The number of nitrogens with zero attached hydrogens (tertiary/aromatic N) is 1. The number of hydrogen-bond acceptors (Lipinski definition) is 5. The average molecular weight is 493 g/mol. The average Bonchev–Trinajstić information content (AvgIpc) is 2.76. The lowest BCUT2D eigenvalue weighted by atomic mass is 9.97. The van der Waals surface area contributed by atoms with Crippen molar-refractivity contribution in [3.8, 4) is 0 Å². The Balaban J connectivity index is 1.50. The standard InChI is InChI=1S/C24H32N2O5S2/c1-18-16-19(2)23(20(3)17-18)33(30,31)26-13-10-21(11-14-26)24(27)25-12-7-15-32(28,29)22-8-5-4-6-9-22/h4-6,8-9,16-17,21H,7,10-15H2,1-3H3,(H,25,27). The molecule has 1 aliphatic rings. The molecule has 0 bridgehead atoms. The maximum Gasteiger partial charge on any atom is 0.243 e. The first-order valence-corrected chi connectivity index (χ1v) is 14.2. The highest BCUT2D eigenvalue weighted by Gasteiger charge is 2.33. The molecule has 1 aliphatic heterocycles. The van der Waals surface area contributed by atoms with Gasteiger partial charge in [0, 0.05) is 25.6 Å². The SMILES string of the molecule is Cc1cc(C)c(S(=O)(=O)N2CCC(C(=O)NCCCS(=O)(=O)c3ccccc3)CC2)c(C)c1. The third kappa shape index (κ3) is 6.02. The fourth-order valence-corrected chi connectivity index (χ4v) is 7.64. The molecule has 0 saturated carbocycles. The molecule has 0 aliphatic carbocycles. The molecule has 9 heteroatoms. The molecule has 3 rings (SSSR count). The van der Waals surface area contributed by atoms with E-state index in [1.165, 1.54) is 4.31 Å². The molecule has 0 radical (unpaired) electrons. The Morgan fingerprint density at radius 1 is 0.970 bits per heavy atom. The second kappa shape index (κ2) is 10.4. The summed E-state index contributed by atoms with van der Waals surface area (Å²) in [5.41, 5.74) is 2.49. The van der Waals surface area contributed by atoms with Crippen LogP contribution in [0.15, 0.2) is 52.3 Å². The number of sulfone groups is 1. The Morgan fingerprint density at radius 2 is 1.55 bits per heavy atom. The molecular weight excluding hydrogens is 460 g/mol. The first kappa shape index (κ1) is 25.4. The molecule has 2 aromatic carbocycles. The maximum absolute atomic E-state index is 13.2. The lowest BCUT2D eigenvalue weighted by molar-refractivity contribution is -0.126. The van der Waals surface area contributed by atoms with E-state index < -0.39 is 19.9 Å². The van der Waals surface area contributed by atoms with Gasteiger partial charge in [0.05, 0.1) is 15.5 Å². The van der Waals surface area contributed by atoms with Crippen molar-refractivity contribution in [1.29, 1.82) is 0 Å². The van der Waals surface area contributed by atoms with Crippen molar-refractivity contribution >= 4 is 25.8 Å². The highest BCUT2D eigenvalue weighted by Crippen LogP contribution is 2.28. The second-order valence-corrected chi connectivity index (χ2v) is 12.7. The van der Waals surface area contributed by atoms with Crippen LogP contribution in [0.25, 0.3) is 0 Å². The zero-order valence-electron chi connectivity index (χ0n) is 19.4. The molecule has 0 atom stereocenters. The third-order valence-electron chi connectivity index (χ3n) is 6.02. The van der Waals surface area contributed by atoms with E-state index in [0.29, 0.717) is 24.2 Å². The van der Waals surface area contributed by atoms with E-state index in [9.17, 15) is 21.6 Å². The second-order valence-electron chi connectivity index (χ2n) is 8.68. The van der Waals surface area contributed by atoms with Crippen LogP contribution in [-0.4, -0.2) is 52.4 Å². The Hall–Kier alpha value is -2.23. The van der Waals surface area contributed by atoms with Crippen LogP contribution in [0.5, 0.6) is 0 Å². The van der Waals surface area contributed by atoms with E-state index in [4.69, 9.17) is 0 Å². The molecule has 7 nitrogen and oxygen atoms in total. The van der Waals surface area contributed by atoms with Crippen molar-refractivity contribution < 1.29 is 21.6 Å². The largest absolute Gasteiger partial charge is 0.356 e. The predicted octanol–water partition coefficient (Wildman–Crippen LogP) is 2.99. The number of sulfonamides is 1. The summed E-state index contributed by atoms with van der Waals surface area (Å²) in [6, 6.07) is 12.0. The van der Waals surface area contributed by atoms with Gasteiger partial charge in [-0.1, -0.05) is 35.9 Å². The summed E-state index contributed by atoms with van der Waals surface area (Å²) in [4.78, 5) is 13.2. The zero-order chi connectivity index (χ0) is 24.2. The predicted molar refractivity (Wildman–Crippen MR) is 128 cm³/mol. The van der Waals surface area contributed by atoms with Crippen molar-refractivity contribution in [2.75, 3.05) is 25.4 Å². The van der Waals surface area contributed by atoms with Gasteiger partial charge in [0.25, 0.3) is 0 Å². The van der Waals surface area contributed by atoms with Gasteiger partial charge >= 0.3 is 0 Å². The van der Waals surface area contributed by atoms with Crippen molar-refractivity contribution in [3.63, 3.8) is 0 Å². The van der Waals surface area contributed by atoms with Crippen LogP contribution in [0.1, 0.15) is 36.0 Å². The molecule has 0 spiro atoms. The molecular formula is C24H32N2O5S2. The fraction of sp³-hybridized carbons (Fsp3) is 0.458. The van der Waals surface area contributed by atoms with E-state index in [2.05, 4.69) is 5.32 Å². The van der Waals surface area contributed by atoms with Crippen LogP contribution in [0.4, 0.5) is 0 Å². The first-order chi connectivity index (χ1) is 15.5. The van der Waals surface area contributed by atoms with E-state index >= 15 is 0 Å². The van der Waals surface area contributed by atoms with Crippen molar-refractivity contribution in [2.45, 2.75) is 49.8 Å². The minimum atomic E-state index is -3.62. The molecule has 1 fully saturated rings. The van der Waals surface area contributed by atoms with Gasteiger partial charge in [-0.25, -0.2) is 16.8 Å². The molecule has 180 valence electrons. The van der Waals surface area contributed by atoms with Crippen LogP contribution in [0, 0.1) is 26.7 Å². The van der Waals surface area contributed by atoms with E-state index in [1.807, 2.05) is 32.9 Å². The lowest BCUT2D eigenvalue weighted by Crippen LogP contribution is -2.43. The molecule has 0 unspecified atom stereocenters. The molecule has 33 heavy (non-hydrogen) atoms. The van der Waals surface area contributed by atoms with Gasteiger partial charge in [0.2, 0.25) is 15.9 Å². The normalized spacial score (nSPS) is 16.0. The number of benzene rings is 2. The van der Waals surface area contributed by atoms with Crippen molar-refractivity contribution in [3.05, 3.63) is 59.2 Å². The van der Waals surface area contributed by atoms with Gasteiger partial charge in [0.1, 0.15) is 0 Å². The van der Waals surface area contributed by atoms with Gasteiger partial charge in [-0.3, -0.25) is 4.79 Å². The van der Waals surface area contributed by atoms with E-state index in [0.717, 1.165) is 16.7 Å². The van der Waals surface area contributed by atoms with Gasteiger partial charge in [0.15, 0.2) is 9.84 Å². The van der Waals surface area contributed by atoms with Crippen LogP contribution < -0.4 is 5.32 Å². The minimum Gasteiger partial charge on any atom is -0.356 e. The summed E-state index contributed by atoms with van der Waals surface area (Å²) in [7, 11) is -6.99. The molecule has 1 N–H and O–H groups in total. The molecule has 1 heterocycles. The molecule has 0 aromatic heterocycles. The van der Waals surface area contributed by atoms with Gasteiger partial charge in [-0.2, -0.15) is 4.31 Å². The summed E-state index contributed by atoms with van der Waals surface area (Å²) < 4.78 is 52.5. The number of nitrogens with one attached hydrogen (secondary N) is 1. The zero-order valence-corrected chi connectivity index (χ0v) is 21.0. The summed E-state index contributed by atoms with van der Waals surface area (Å²) in [5.74, 6) is -0.460. The monoisotopic (exact) mass is 492 g/mol. The van der Waals surface area contributed by atoms with Crippen LogP contribution in [-0.2, 0) is 24.7 Å². The van der Waals surface area contributed by atoms with Gasteiger partial charge < -0.3 is 5.32 Å². The number of rotatable bonds is 8. The Morgan fingerprint density at radius 3 is 2.12 bits per heavy atom. The van der Waals surface area contributed by atoms with Crippen molar-refractivity contribution in [2.24, 2.45) is 5.92 Å². The Labute approximate surface area is 197 Å². The highest BCUT2D eigenvalue weighted by atomic mass is 32.2. The Kier molecular flexibility index (Phi) is 7.97. The summed E-state index contributed by atoms with van der Waals surface area (Å²) in [6.07, 6.45) is 1.21. The van der Waals surface area contributed by atoms with E-state index in [1.54, 1.807) is 30.3 Å². The quantitative estimate of drug-likeness (QED) is 0.571. The smallest absolute Gasteiger partial charge is 0.243 e. The number of aryl methyl sites for hydroxylation is 3. The highest BCUT2D eigenvalue weighted by molar-refractivity contribution is 7.91. The molecule has 1 saturated heterocycles.